The summed E-state index contributed by atoms with van der Waals surface area (Å²) in [6.45, 7) is 10.9. The van der Waals surface area contributed by atoms with Crippen molar-refractivity contribution in [3.63, 3.8) is 0 Å². The van der Waals surface area contributed by atoms with Crippen LogP contribution in [-0.2, 0) is 13.1 Å². The van der Waals surface area contributed by atoms with Crippen LogP contribution in [0.15, 0.2) is 6.33 Å². The summed E-state index contributed by atoms with van der Waals surface area (Å²) in [4.78, 5) is 4.38. The SMILES string of the molecule is CCC1CCC(NCc2ncnn2CC(C)C)C1C. The second-order valence-electron chi connectivity index (χ2n) is 6.34. The minimum Gasteiger partial charge on any atom is -0.307 e. The zero-order valence-electron chi connectivity index (χ0n) is 12.8. The quantitative estimate of drug-likeness (QED) is 0.859. The predicted octanol–water partition coefficient (Wildman–Crippen LogP) is 2.85. The molecule has 0 saturated heterocycles. The van der Waals surface area contributed by atoms with Gasteiger partial charge in [-0.3, -0.25) is 0 Å². The molecule has 0 aliphatic heterocycles. The van der Waals surface area contributed by atoms with Crippen LogP contribution in [0.5, 0.6) is 0 Å². The molecule has 1 aromatic heterocycles. The molecular formula is C15H28N4. The second kappa shape index (κ2) is 6.51. The maximum atomic E-state index is 4.38. The average Bonchev–Trinajstić information content (AvgIpc) is 2.93. The number of nitrogens with one attached hydrogen (secondary N) is 1. The Hall–Kier alpha value is -0.900. The van der Waals surface area contributed by atoms with E-state index in [2.05, 4.69) is 43.1 Å². The lowest BCUT2D eigenvalue weighted by Gasteiger charge is -2.21. The third kappa shape index (κ3) is 3.56. The van der Waals surface area contributed by atoms with Crippen molar-refractivity contribution in [2.24, 2.45) is 17.8 Å². The fraction of sp³-hybridized carbons (Fsp3) is 0.867. The Balaban J connectivity index is 1.87. The van der Waals surface area contributed by atoms with Crippen molar-refractivity contribution in [1.29, 1.82) is 0 Å². The summed E-state index contributed by atoms with van der Waals surface area (Å²) in [5.41, 5.74) is 0. The Morgan fingerprint density at radius 1 is 1.42 bits per heavy atom. The second-order valence-corrected chi connectivity index (χ2v) is 6.34. The lowest BCUT2D eigenvalue weighted by Crippen LogP contribution is -2.33. The highest BCUT2D eigenvalue weighted by atomic mass is 15.3. The highest BCUT2D eigenvalue weighted by Crippen LogP contribution is 2.33. The van der Waals surface area contributed by atoms with Crippen molar-refractivity contribution in [3.05, 3.63) is 12.2 Å². The maximum absolute atomic E-state index is 4.38. The van der Waals surface area contributed by atoms with Gasteiger partial charge in [-0.1, -0.05) is 34.1 Å². The zero-order chi connectivity index (χ0) is 13.8. The first-order valence-electron chi connectivity index (χ1n) is 7.71. The molecule has 1 saturated carbocycles. The molecule has 3 atom stereocenters. The fourth-order valence-electron chi connectivity index (χ4n) is 3.26. The van der Waals surface area contributed by atoms with E-state index in [1.165, 1.54) is 19.3 Å². The molecule has 2 rings (SSSR count). The molecule has 0 amide bonds. The Bertz CT molecular complexity index is 385. The van der Waals surface area contributed by atoms with Gasteiger partial charge in [0.1, 0.15) is 12.2 Å². The number of hydrogen-bond acceptors (Lipinski definition) is 3. The first-order chi connectivity index (χ1) is 9.11. The first-order valence-corrected chi connectivity index (χ1v) is 7.71. The van der Waals surface area contributed by atoms with Crippen molar-refractivity contribution >= 4 is 0 Å². The van der Waals surface area contributed by atoms with E-state index < -0.39 is 0 Å². The van der Waals surface area contributed by atoms with Gasteiger partial charge in [-0.2, -0.15) is 5.10 Å². The van der Waals surface area contributed by atoms with E-state index >= 15 is 0 Å². The summed E-state index contributed by atoms with van der Waals surface area (Å²) < 4.78 is 2.04. The number of rotatable bonds is 6. The Morgan fingerprint density at radius 3 is 2.84 bits per heavy atom. The molecule has 108 valence electrons. The van der Waals surface area contributed by atoms with E-state index in [0.717, 1.165) is 30.7 Å². The van der Waals surface area contributed by atoms with Crippen LogP contribution in [0, 0.1) is 17.8 Å². The summed E-state index contributed by atoms with van der Waals surface area (Å²) in [6, 6.07) is 0.647. The Kier molecular flexibility index (Phi) is 4.97. The van der Waals surface area contributed by atoms with Gasteiger partial charge in [-0.05, 0) is 30.6 Å². The van der Waals surface area contributed by atoms with Gasteiger partial charge in [0.2, 0.25) is 0 Å². The van der Waals surface area contributed by atoms with Gasteiger partial charge in [-0.15, -0.1) is 0 Å². The summed E-state index contributed by atoms with van der Waals surface area (Å²) >= 11 is 0. The van der Waals surface area contributed by atoms with Gasteiger partial charge >= 0.3 is 0 Å². The van der Waals surface area contributed by atoms with Crippen LogP contribution in [0.3, 0.4) is 0 Å². The van der Waals surface area contributed by atoms with Crippen molar-refractivity contribution in [3.8, 4) is 0 Å². The van der Waals surface area contributed by atoms with Crippen LogP contribution in [0.1, 0.15) is 52.8 Å². The van der Waals surface area contributed by atoms with Gasteiger partial charge in [0.15, 0.2) is 0 Å². The molecule has 19 heavy (non-hydrogen) atoms. The normalized spacial score (nSPS) is 27.3. The van der Waals surface area contributed by atoms with Crippen LogP contribution in [0.25, 0.3) is 0 Å². The predicted molar refractivity (Wildman–Crippen MR) is 77.7 cm³/mol. The van der Waals surface area contributed by atoms with E-state index in [1.54, 1.807) is 6.33 Å². The topological polar surface area (TPSA) is 42.7 Å². The summed E-state index contributed by atoms with van der Waals surface area (Å²) in [5, 5.41) is 8.01. The number of nitrogens with zero attached hydrogens (tertiary/aromatic N) is 3. The summed E-state index contributed by atoms with van der Waals surface area (Å²) in [7, 11) is 0. The number of hydrogen-bond donors (Lipinski definition) is 1. The van der Waals surface area contributed by atoms with E-state index in [1.807, 2.05) is 4.68 Å². The molecule has 0 aromatic carbocycles. The van der Waals surface area contributed by atoms with Crippen LogP contribution in [-0.4, -0.2) is 20.8 Å². The lowest BCUT2D eigenvalue weighted by atomic mass is 9.93. The van der Waals surface area contributed by atoms with Crippen LogP contribution in [0.2, 0.25) is 0 Å². The molecule has 1 N–H and O–H groups in total. The molecule has 3 unspecified atom stereocenters. The minimum atomic E-state index is 0.607. The fourth-order valence-corrected chi connectivity index (χ4v) is 3.26. The molecule has 0 bridgehead atoms. The minimum absolute atomic E-state index is 0.607. The van der Waals surface area contributed by atoms with Crippen molar-refractivity contribution in [2.45, 2.75) is 66.1 Å². The molecule has 1 fully saturated rings. The average molecular weight is 264 g/mol. The maximum Gasteiger partial charge on any atom is 0.140 e. The summed E-state index contributed by atoms with van der Waals surface area (Å²) in [6.07, 6.45) is 5.65. The monoisotopic (exact) mass is 264 g/mol. The largest absolute Gasteiger partial charge is 0.307 e. The van der Waals surface area contributed by atoms with E-state index in [4.69, 9.17) is 0 Å². The van der Waals surface area contributed by atoms with Gasteiger partial charge in [0.05, 0.1) is 6.54 Å². The van der Waals surface area contributed by atoms with Crippen molar-refractivity contribution in [2.75, 3.05) is 0 Å². The molecule has 1 heterocycles. The van der Waals surface area contributed by atoms with Gasteiger partial charge in [-0.25, -0.2) is 9.67 Å². The zero-order valence-corrected chi connectivity index (χ0v) is 12.8. The Labute approximate surface area is 117 Å². The van der Waals surface area contributed by atoms with Gasteiger partial charge in [0, 0.05) is 12.6 Å². The van der Waals surface area contributed by atoms with E-state index in [0.29, 0.717) is 12.0 Å². The third-order valence-corrected chi connectivity index (χ3v) is 4.51. The smallest absolute Gasteiger partial charge is 0.140 e. The lowest BCUT2D eigenvalue weighted by molar-refractivity contribution is 0.339. The molecule has 0 radical (unpaired) electrons. The first kappa shape index (κ1) is 14.5. The molecule has 0 spiro atoms. The van der Waals surface area contributed by atoms with Gasteiger partial charge < -0.3 is 5.32 Å². The standard InChI is InChI=1S/C15H28N4/c1-5-13-6-7-14(12(13)4)16-8-15-17-10-18-19(15)9-11(2)3/h10-14,16H,5-9H2,1-4H3. The van der Waals surface area contributed by atoms with E-state index in [9.17, 15) is 0 Å². The molecule has 1 aromatic rings. The van der Waals surface area contributed by atoms with E-state index in [-0.39, 0.29) is 0 Å². The Morgan fingerprint density at radius 2 is 2.21 bits per heavy atom. The van der Waals surface area contributed by atoms with Crippen LogP contribution in [0.4, 0.5) is 0 Å². The van der Waals surface area contributed by atoms with Crippen LogP contribution < -0.4 is 5.32 Å². The summed E-state index contributed by atoms with van der Waals surface area (Å²) in [5.74, 6) is 3.36. The molecule has 1 aliphatic carbocycles. The third-order valence-electron chi connectivity index (χ3n) is 4.51. The molecule has 4 nitrogen and oxygen atoms in total. The van der Waals surface area contributed by atoms with Crippen LogP contribution >= 0.6 is 0 Å². The highest BCUT2D eigenvalue weighted by molar-refractivity contribution is 4.90. The number of aromatic nitrogens is 3. The molecule has 4 heteroatoms. The highest BCUT2D eigenvalue weighted by Gasteiger charge is 2.31. The molecular weight excluding hydrogens is 236 g/mol. The molecule has 1 aliphatic rings. The van der Waals surface area contributed by atoms with Crippen molar-refractivity contribution < 1.29 is 0 Å². The van der Waals surface area contributed by atoms with Crippen molar-refractivity contribution in [1.82, 2.24) is 20.1 Å². The van der Waals surface area contributed by atoms with Gasteiger partial charge in [0.25, 0.3) is 0 Å².